The number of aryl methyl sites for hydroxylation is 1. The third-order valence-electron chi connectivity index (χ3n) is 2.99. The van der Waals surface area contributed by atoms with Crippen molar-refractivity contribution in [3.05, 3.63) is 46.6 Å². The number of nitrogens with two attached hydrogens (primary N) is 1. The van der Waals surface area contributed by atoms with E-state index in [1.807, 2.05) is 25.1 Å². The molecule has 4 nitrogen and oxygen atoms in total. The molecule has 0 atom stereocenters. The van der Waals surface area contributed by atoms with Crippen LogP contribution in [0, 0.1) is 18.3 Å². The van der Waals surface area contributed by atoms with Gasteiger partial charge in [0.25, 0.3) is 0 Å². The first-order valence-corrected chi connectivity index (χ1v) is 7.87. The minimum atomic E-state index is 0.272. The van der Waals surface area contributed by atoms with Crippen LogP contribution in [0.1, 0.15) is 35.7 Å². The topological polar surface area (TPSA) is 75.6 Å². The molecule has 21 heavy (non-hydrogen) atoms. The molecule has 0 spiro atoms. The van der Waals surface area contributed by atoms with Gasteiger partial charge in [-0.3, -0.25) is 0 Å². The van der Waals surface area contributed by atoms with Crippen LogP contribution < -0.4 is 5.73 Å². The van der Waals surface area contributed by atoms with Gasteiger partial charge in [0.1, 0.15) is 17.5 Å². The maximum atomic E-state index is 9.28. The van der Waals surface area contributed by atoms with E-state index in [4.69, 9.17) is 5.73 Å². The third-order valence-corrected chi connectivity index (χ3v) is 4.05. The number of nitrogens with zero attached hydrogens (tertiary/aromatic N) is 3. The molecule has 0 unspecified atom stereocenters. The number of rotatable bonds is 5. The predicted molar refractivity (Wildman–Crippen MR) is 86.2 cm³/mol. The number of hydrogen-bond acceptors (Lipinski definition) is 5. The van der Waals surface area contributed by atoms with Crippen LogP contribution >= 0.6 is 11.8 Å². The van der Waals surface area contributed by atoms with Crippen LogP contribution in [0.15, 0.2) is 29.4 Å². The summed E-state index contributed by atoms with van der Waals surface area (Å²) in [6, 6.07) is 10.3. The Kier molecular flexibility index (Phi) is 5.18. The molecule has 0 radical (unpaired) electrons. The monoisotopic (exact) mass is 298 g/mol. The minimum Gasteiger partial charge on any atom is -0.382 e. The van der Waals surface area contributed by atoms with Crippen molar-refractivity contribution < 1.29 is 0 Å². The number of benzene rings is 1. The molecule has 1 aromatic heterocycles. The van der Waals surface area contributed by atoms with Gasteiger partial charge in [-0.15, -0.1) is 0 Å². The van der Waals surface area contributed by atoms with Crippen molar-refractivity contribution in [2.75, 3.05) is 11.5 Å². The van der Waals surface area contributed by atoms with Crippen molar-refractivity contribution >= 4 is 17.6 Å². The Morgan fingerprint density at radius 1 is 1.33 bits per heavy atom. The van der Waals surface area contributed by atoms with E-state index in [1.165, 1.54) is 5.56 Å². The summed E-state index contributed by atoms with van der Waals surface area (Å²) in [6.45, 7) is 4.15. The Balaban J connectivity index is 2.36. The Morgan fingerprint density at radius 3 is 2.81 bits per heavy atom. The van der Waals surface area contributed by atoms with Crippen molar-refractivity contribution in [1.82, 2.24) is 9.97 Å². The van der Waals surface area contributed by atoms with Crippen LogP contribution in [0.2, 0.25) is 0 Å². The number of nitriles is 1. The predicted octanol–water partition coefficient (Wildman–Crippen LogP) is 3.33. The molecule has 0 amide bonds. The highest BCUT2D eigenvalue weighted by Crippen LogP contribution is 2.22. The van der Waals surface area contributed by atoms with Crippen LogP contribution in [-0.4, -0.2) is 15.7 Å². The van der Waals surface area contributed by atoms with Crippen molar-refractivity contribution in [1.29, 1.82) is 5.26 Å². The molecule has 1 heterocycles. The lowest BCUT2D eigenvalue weighted by Crippen LogP contribution is -2.06. The first-order valence-electron chi connectivity index (χ1n) is 6.89. The van der Waals surface area contributed by atoms with E-state index in [1.54, 1.807) is 11.8 Å². The normalized spacial score (nSPS) is 10.3. The smallest absolute Gasteiger partial charge is 0.189 e. The molecule has 0 bridgehead atoms. The molecule has 5 heteroatoms. The van der Waals surface area contributed by atoms with Gasteiger partial charge in [0.2, 0.25) is 0 Å². The summed E-state index contributed by atoms with van der Waals surface area (Å²) in [4.78, 5) is 8.72. The molecule has 0 aliphatic carbocycles. The summed E-state index contributed by atoms with van der Waals surface area (Å²) in [5, 5.41) is 9.93. The molecule has 2 aromatic rings. The average molecular weight is 298 g/mol. The summed E-state index contributed by atoms with van der Waals surface area (Å²) in [6.07, 6.45) is 1.64. The summed E-state index contributed by atoms with van der Waals surface area (Å²) in [5.41, 5.74) is 9.30. The zero-order valence-corrected chi connectivity index (χ0v) is 13.1. The lowest BCUT2D eigenvalue weighted by molar-refractivity contribution is 0.899. The quantitative estimate of drug-likeness (QED) is 0.677. The lowest BCUT2D eigenvalue weighted by Gasteiger charge is -2.08. The van der Waals surface area contributed by atoms with Gasteiger partial charge in [0.05, 0.1) is 5.69 Å². The molecular weight excluding hydrogens is 280 g/mol. The molecular formula is C16H18N4S. The molecule has 108 valence electrons. The first-order chi connectivity index (χ1) is 10.1. The highest BCUT2D eigenvalue weighted by molar-refractivity contribution is 7.99. The third kappa shape index (κ3) is 3.96. The fourth-order valence-corrected chi connectivity index (χ4v) is 2.75. The van der Waals surface area contributed by atoms with E-state index < -0.39 is 0 Å². The summed E-state index contributed by atoms with van der Waals surface area (Å²) in [7, 11) is 0. The Labute approximate surface area is 129 Å². The molecule has 0 aliphatic heterocycles. The molecule has 0 saturated heterocycles. The van der Waals surface area contributed by atoms with Gasteiger partial charge < -0.3 is 5.73 Å². The van der Waals surface area contributed by atoms with Crippen molar-refractivity contribution in [3.8, 4) is 6.07 Å². The van der Waals surface area contributed by atoms with Gasteiger partial charge in [-0.2, -0.15) is 5.26 Å². The number of thioether (sulfide) groups is 1. The summed E-state index contributed by atoms with van der Waals surface area (Å²) < 4.78 is 0. The molecule has 0 aliphatic rings. The Morgan fingerprint density at radius 2 is 2.14 bits per heavy atom. The summed E-state index contributed by atoms with van der Waals surface area (Å²) in [5.74, 6) is 1.21. The highest BCUT2D eigenvalue weighted by Gasteiger charge is 2.13. The van der Waals surface area contributed by atoms with Crippen molar-refractivity contribution in [2.45, 2.75) is 31.8 Å². The number of anilines is 1. The Bertz CT molecular complexity index is 676. The molecule has 2 N–H and O–H groups in total. The second kappa shape index (κ2) is 7.09. The number of hydrogen-bond donors (Lipinski definition) is 1. The van der Waals surface area contributed by atoms with Gasteiger partial charge in [0.15, 0.2) is 5.16 Å². The van der Waals surface area contributed by atoms with E-state index in [2.05, 4.69) is 29.0 Å². The van der Waals surface area contributed by atoms with Crippen LogP contribution in [0.25, 0.3) is 0 Å². The minimum absolute atomic E-state index is 0.272. The van der Waals surface area contributed by atoms with Crippen LogP contribution in [0.4, 0.5) is 5.82 Å². The van der Waals surface area contributed by atoms with Crippen LogP contribution in [-0.2, 0) is 6.42 Å². The van der Waals surface area contributed by atoms with Crippen molar-refractivity contribution in [3.63, 3.8) is 0 Å². The lowest BCUT2D eigenvalue weighted by atomic mass is 10.0. The highest BCUT2D eigenvalue weighted by atomic mass is 32.2. The maximum absolute atomic E-state index is 9.28. The SMILES string of the molecule is CCCSc1nc(N)c(C#N)c(Cc2cccc(C)c2)n1. The standard InChI is InChI=1S/C16H18N4S/c1-3-7-21-16-19-14(13(10-17)15(18)20-16)9-12-6-4-5-11(2)8-12/h4-6,8H,3,7,9H2,1-2H3,(H2,18,19,20). The first kappa shape index (κ1) is 15.3. The fraction of sp³-hybridized carbons (Fsp3) is 0.312. The molecule has 1 aromatic carbocycles. The number of nitrogen functional groups attached to an aromatic ring is 1. The van der Waals surface area contributed by atoms with Crippen LogP contribution in [0.5, 0.6) is 0 Å². The van der Waals surface area contributed by atoms with E-state index >= 15 is 0 Å². The van der Waals surface area contributed by atoms with Crippen molar-refractivity contribution in [2.24, 2.45) is 0 Å². The van der Waals surface area contributed by atoms with E-state index in [-0.39, 0.29) is 5.82 Å². The second-order valence-electron chi connectivity index (χ2n) is 4.84. The van der Waals surface area contributed by atoms with Crippen LogP contribution in [0.3, 0.4) is 0 Å². The summed E-state index contributed by atoms with van der Waals surface area (Å²) >= 11 is 1.57. The van der Waals surface area contributed by atoms with Gasteiger partial charge in [0, 0.05) is 12.2 Å². The van der Waals surface area contributed by atoms with E-state index in [0.717, 1.165) is 17.7 Å². The van der Waals surface area contributed by atoms with E-state index in [9.17, 15) is 5.26 Å². The maximum Gasteiger partial charge on any atom is 0.189 e. The zero-order valence-electron chi connectivity index (χ0n) is 12.3. The fourth-order valence-electron chi connectivity index (χ4n) is 2.03. The van der Waals surface area contributed by atoms with Gasteiger partial charge in [-0.1, -0.05) is 48.5 Å². The average Bonchev–Trinajstić information content (AvgIpc) is 2.45. The second-order valence-corrected chi connectivity index (χ2v) is 5.90. The molecule has 0 fully saturated rings. The van der Waals surface area contributed by atoms with E-state index in [0.29, 0.717) is 22.8 Å². The Hall–Kier alpha value is -2.06. The number of aromatic nitrogens is 2. The molecule has 0 saturated carbocycles. The molecule has 2 rings (SSSR count). The van der Waals surface area contributed by atoms with Gasteiger partial charge >= 0.3 is 0 Å². The largest absolute Gasteiger partial charge is 0.382 e. The zero-order chi connectivity index (χ0) is 15.2. The van der Waals surface area contributed by atoms with Gasteiger partial charge in [-0.25, -0.2) is 9.97 Å². The van der Waals surface area contributed by atoms with Gasteiger partial charge in [-0.05, 0) is 18.9 Å².